The lowest BCUT2D eigenvalue weighted by Crippen LogP contribution is -2.08. The third kappa shape index (κ3) is 26.2. The quantitative estimate of drug-likeness (QED) is 0.0194. The third-order valence-corrected chi connectivity index (χ3v) is 12.9. The summed E-state index contributed by atoms with van der Waals surface area (Å²) in [5.41, 5.74) is 1.89. The van der Waals surface area contributed by atoms with E-state index in [1.165, 1.54) is 153 Å². The average Bonchev–Trinajstić information content (AvgIpc) is 3.38. The Bertz CT molecular complexity index is 1970. The van der Waals surface area contributed by atoms with Crippen LogP contribution in [-0.4, -0.2) is 60.9 Å². The van der Waals surface area contributed by atoms with Crippen LogP contribution < -0.4 is 18.9 Å². The average molecular weight is 989 g/mol. The van der Waals surface area contributed by atoms with Gasteiger partial charge in [0.1, 0.15) is 34.5 Å². The highest BCUT2D eigenvalue weighted by molar-refractivity contribution is 5.92. The second-order valence-electron chi connectivity index (χ2n) is 19.2. The van der Waals surface area contributed by atoms with Gasteiger partial charge < -0.3 is 29.2 Å². The predicted octanol–water partition coefficient (Wildman–Crippen LogP) is 16.8. The summed E-state index contributed by atoms with van der Waals surface area (Å²) in [6, 6.07) is 23.4. The first-order valence-electron chi connectivity index (χ1n) is 27.9. The molecule has 394 valence electrons. The molecule has 72 heavy (non-hydrogen) atoms. The van der Waals surface area contributed by atoms with Crippen LogP contribution in [0.1, 0.15) is 225 Å². The molecule has 2 N–H and O–H groups in total. The highest BCUT2D eigenvalue weighted by Gasteiger charge is 2.13. The minimum atomic E-state index is -0.510. The second kappa shape index (κ2) is 38.0. The van der Waals surface area contributed by atoms with Gasteiger partial charge >= 0.3 is 11.9 Å². The number of aliphatic imine (C=N–C) groups is 2. The van der Waals surface area contributed by atoms with Gasteiger partial charge in [0, 0.05) is 48.8 Å². The van der Waals surface area contributed by atoms with Crippen LogP contribution in [0.25, 0.3) is 0 Å². The molecule has 0 aliphatic heterocycles. The van der Waals surface area contributed by atoms with E-state index in [0.29, 0.717) is 48.6 Å². The van der Waals surface area contributed by atoms with E-state index in [0.717, 1.165) is 50.0 Å². The SMILES string of the molecule is CCCCCCCCCCCCCCOc1ccc(C(=O)Oc2ccc(C=NCCCCCCN=Cc3ccc(OC(=O)c4ccc(OCCCCCCCCCCCCCC)cc4)cc3O)c(O)c2)cc1. The van der Waals surface area contributed by atoms with Crippen molar-refractivity contribution in [3.63, 3.8) is 0 Å². The van der Waals surface area contributed by atoms with Crippen molar-refractivity contribution in [3.8, 4) is 34.5 Å². The van der Waals surface area contributed by atoms with Crippen molar-refractivity contribution < 1.29 is 38.7 Å². The monoisotopic (exact) mass is 989 g/mol. The highest BCUT2D eigenvalue weighted by atomic mass is 16.5. The lowest BCUT2D eigenvalue weighted by atomic mass is 10.1. The molecule has 4 aromatic carbocycles. The smallest absolute Gasteiger partial charge is 0.343 e. The zero-order valence-corrected chi connectivity index (χ0v) is 44.1. The molecule has 0 radical (unpaired) electrons. The molecule has 10 nitrogen and oxygen atoms in total. The molecule has 0 aromatic heterocycles. The van der Waals surface area contributed by atoms with Crippen LogP contribution in [-0.2, 0) is 0 Å². The van der Waals surface area contributed by atoms with E-state index in [2.05, 4.69) is 23.8 Å². The van der Waals surface area contributed by atoms with Gasteiger partial charge in [0.05, 0.1) is 24.3 Å². The maximum Gasteiger partial charge on any atom is 0.343 e. The number of phenols is 2. The Kier molecular flexibility index (Phi) is 31.1. The van der Waals surface area contributed by atoms with E-state index >= 15 is 0 Å². The van der Waals surface area contributed by atoms with Gasteiger partial charge in [-0.2, -0.15) is 0 Å². The minimum absolute atomic E-state index is 0.0168. The topological polar surface area (TPSA) is 136 Å². The zero-order chi connectivity index (χ0) is 51.1. The van der Waals surface area contributed by atoms with Crippen molar-refractivity contribution in [1.29, 1.82) is 0 Å². The van der Waals surface area contributed by atoms with Crippen LogP contribution in [0.5, 0.6) is 34.5 Å². The van der Waals surface area contributed by atoms with Gasteiger partial charge in [0.15, 0.2) is 0 Å². The molecule has 0 atom stereocenters. The first-order valence-corrected chi connectivity index (χ1v) is 27.9. The number of hydrogen-bond donors (Lipinski definition) is 2. The maximum absolute atomic E-state index is 12.8. The first-order chi connectivity index (χ1) is 35.4. The lowest BCUT2D eigenvalue weighted by Gasteiger charge is -2.08. The molecule has 0 aliphatic rings. The fourth-order valence-corrected chi connectivity index (χ4v) is 8.45. The Morgan fingerprint density at radius 3 is 1.00 bits per heavy atom. The predicted molar refractivity (Wildman–Crippen MR) is 296 cm³/mol. The van der Waals surface area contributed by atoms with Crippen molar-refractivity contribution in [2.24, 2.45) is 9.98 Å². The summed E-state index contributed by atoms with van der Waals surface area (Å²) in [5.74, 6) is 0.908. The van der Waals surface area contributed by atoms with E-state index in [1.807, 2.05) is 0 Å². The number of hydrogen-bond acceptors (Lipinski definition) is 10. The summed E-state index contributed by atoms with van der Waals surface area (Å²) < 4.78 is 22.8. The number of carbonyl (C=O) groups is 2. The molecule has 0 aliphatic carbocycles. The number of unbranched alkanes of at least 4 members (excludes halogenated alkanes) is 25. The third-order valence-electron chi connectivity index (χ3n) is 12.9. The van der Waals surface area contributed by atoms with E-state index in [-0.39, 0.29) is 23.0 Å². The van der Waals surface area contributed by atoms with Gasteiger partial charge in [-0.1, -0.05) is 168 Å². The largest absolute Gasteiger partial charge is 0.507 e. The molecular weight excluding hydrogens is 901 g/mol. The molecule has 4 aromatic rings. The molecule has 10 heteroatoms. The standard InChI is InChI=1S/C62H88N2O8/c1-3-5-7-9-11-13-15-17-19-21-25-29-45-69-55-37-31-51(32-38-55)61(67)71-57-41-35-53(59(65)47-57)49-63-43-27-23-24-28-44-64-50-54-36-42-58(48-60(54)66)72-62(68)52-33-39-56(40-34-52)70-46-30-26-22-20-18-16-14-12-10-8-6-4-2/h31-42,47-50,65-66H,3-30,43-46H2,1-2H3. The highest BCUT2D eigenvalue weighted by Crippen LogP contribution is 2.26. The fraction of sp³-hybridized carbons (Fsp3) is 0.548. The van der Waals surface area contributed by atoms with Crippen molar-refractivity contribution >= 4 is 24.4 Å². The molecule has 4 rings (SSSR count). The van der Waals surface area contributed by atoms with Gasteiger partial charge in [0.25, 0.3) is 0 Å². The molecule has 0 amide bonds. The van der Waals surface area contributed by atoms with Crippen LogP contribution >= 0.6 is 0 Å². The summed E-state index contributed by atoms with van der Waals surface area (Å²) in [5, 5.41) is 21.1. The Hall–Kier alpha value is -5.64. The lowest BCUT2D eigenvalue weighted by molar-refractivity contribution is 0.0724. The minimum Gasteiger partial charge on any atom is -0.507 e. The number of rotatable bonds is 41. The van der Waals surface area contributed by atoms with Crippen LogP contribution in [0, 0.1) is 0 Å². The van der Waals surface area contributed by atoms with Crippen LogP contribution in [0.4, 0.5) is 0 Å². The summed E-state index contributed by atoms with van der Waals surface area (Å²) in [6.45, 7) is 7.08. The van der Waals surface area contributed by atoms with E-state index in [1.54, 1.807) is 85.2 Å². The maximum atomic E-state index is 12.8. The first kappa shape index (κ1) is 58.9. The molecule has 0 saturated carbocycles. The van der Waals surface area contributed by atoms with Crippen molar-refractivity contribution in [2.75, 3.05) is 26.3 Å². The summed E-state index contributed by atoms with van der Waals surface area (Å²) in [6.07, 6.45) is 38.2. The van der Waals surface area contributed by atoms with Gasteiger partial charge in [-0.3, -0.25) is 9.98 Å². The number of carbonyl (C=O) groups excluding carboxylic acids is 2. The molecule has 0 heterocycles. The van der Waals surface area contributed by atoms with Gasteiger partial charge in [-0.25, -0.2) is 9.59 Å². The van der Waals surface area contributed by atoms with Crippen molar-refractivity contribution in [3.05, 3.63) is 107 Å². The normalized spacial score (nSPS) is 11.4. The van der Waals surface area contributed by atoms with Crippen molar-refractivity contribution in [2.45, 2.75) is 194 Å². The number of esters is 2. The van der Waals surface area contributed by atoms with E-state index in [4.69, 9.17) is 18.9 Å². The second-order valence-corrected chi connectivity index (χ2v) is 19.2. The van der Waals surface area contributed by atoms with E-state index in [9.17, 15) is 19.8 Å². The number of ether oxygens (including phenoxy) is 4. The van der Waals surface area contributed by atoms with Crippen LogP contribution in [0.15, 0.2) is 94.9 Å². The molecular formula is C62H88N2O8. The van der Waals surface area contributed by atoms with Crippen molar-refractivity contribution in [1.82, 2.24) is 0 Å². The summed E-state index contributed by atoms with van der Waals surface area (Å²) in [7, 11) is 0. The van der Waals surface area contributed by atoms with Gasteiger partial charge in [-0.05, 0) is 98.5 Å². The van der Waals surface area contributed by atoms with E-state index < -0.39 is 11.9 Å². The Morgan fingerprint density at radius 1 is 0.389 bits per heavy atom. The van der Waals surface area contributed by atoms with Crippen LogP contribution in [0.2, 0.25) is 0 Å². The summed E-state index contributed by atoms with van der Waals surface area (Å²) >= 11 is 0. The molecule has 0 spiro atoms. The van der Waals surface area contributed by atoms with Gasteiger partial charge in [0.2, 0.25) is 0 Å². The molecule has 0 unspecified atom stereocenters. The number of benzene rings is 4. The Balaban J connectivity index is 1.00. The van der Waals surface area contributed by atoms with Gasteiger partial charge in [-0.15, -0.1) is 0 Å². The molecule has 0 saturated heterocycles. The van der Waals surface area contributed by atoms with Crippen LogP contribution in [0.3, 0.4) is 0 Å². The molecule has 0 fully saturated rings. The fourth-order valence-electron chi connectivity index (χ4n) is 8.45. The number of nitrogens with zero attached hydrogens (tertiary/aromatic N) is 2. The molecule has 0 bridgehead atoms. The zero-order valence-electron chi connectivity index (χ0n) is 44.1. The summed E-state index contributed by atoms with van der Waals surface area (Å²) in [4.78, 5) is 34.5. The Morgan fingerprint density at radius 2 is 0.681 bits per heavy atom. The number of phenolic OH excluding ortho intramolecular Hbond substituents is 2. The number of aromatic hydroxyl groups is 2. The Labute approximate surface area is 433 Å².